The zero-order valence-corrected chi connectivity index (χ0v) is 16.1. The standard InChI is InChI=1S/C17H19N5O6S/c1-9-2-4-10(5-3-9)29(26,27)21-17-18-6-11-15(20-17)22(8-19-11)16-14(25)13(24)12(7-23)28-16/h2-6,8,12-14,16,23-25H,7H2,1H3,(H,18,20,21)/t12-,13-,14-,16-/m1/s1. The number of ether oxygens (including phenoxy) is 1. The summed E-state index contributed by atoms with van der Waals surface area (Å²) in [6.07, 6.45) is -1.97. The second-order valence-electron chi connectivity index (χ2n) is 6.70. The number of fused-ring (bicyclic) bond motifs is 1. The van der Waals surface area contributed by atoms with E-state index in [1.165, 1.54) is 29.2 Å². The molecule has 1 aliphatic heterocycles. The summed E-state index contributed by atoms with van der Waals surface area (Å²) in [7, 11) is -3.90. The summed E-state index contributed by atoms with van der Waals surface area (Å²) < 4.78 is 34.3. The van der Waals surface area contributed by atoms with Crippen LogP contribution in [-0.4, -0.2) is 68.2 Å². The molecule has 1 aromatic carbocycles. The van der Waals surface area contributed by atoms with E-state index in [4.69, 9.17) is 4.74 Å². The maximum Gasteiger partial charge on any atom is 0.264 e. The highest BCUT2D eigenvalue weighted by molar-refractivity contribution is 7.92. The number of benzene rings is 1. The Labute approximate surface area is 165 Å². The third kappa shape index (κ3) is 3.56. The number of aryl methyl sites for hydroxylation is 1. The Morgan fingerprint density at radius 2 is 1.90 bits per heavy atom. The first-order chi connectivity index (χ1) is 13.8. The van der Waals surface area contributed by atoms with Gasteiger partial charge in [-0.25, -0.2) is 23.1 Å². The third-order valence-electron chi connectivity index (χ3n) is 4.66. The molecule has 0 unspecified atom stereocenters. The molecular weight excluding hydrogens is 402 g/mol. The molecule has 0 spiro atoms. The fraction of sp³-hybridized carbons (Fsp3) is 0.353. The van der Waals surface area contributed by atoms with Crippen LogP contribution in [-0.2, 0) is 14.8 Å². The van der Waals surface area contributed by atoms with Crippen LogP contribution in [0.15, 0.2) is 41.7 Å². The molecule has 0 saturated carbocycles. The van der Waals surface area contributed by atoms with Crippen molar-refractivity contribution in [1.29, 1.82) is 0 Å². The van der Waals surface area contributed by atoms with Crippen LogP contribution >= 0.6 is 0 Å². The Balaban J connectivity index is 1.66. The number of rotatable bonds is 5. The van der Waals surface area contributed by atoms with Gasteiger partial charge in [0.15, 0.2) is 11.9 Å². The molecule has 11 nitrogen and oxygen atoms in total. The molecule has 0 bridgehead atoms. The Morgan fingerprint density at radius 3 is 2.55 bits per heavy atom. The number of imidazole rings is 1. The van der Waals surface area contributed by atoms with Crippen LogP contribution in [0.3, 0.4) is 0 Å². The van der Waals surface area contributed by atoms with E-state index >= 15 is 0 Å². The molecule has 3 heterocycles. The van der Waals surface area contributed by atoms with Crippen LogP contribution in [0.5, 0.6) is 0 Å². The van der Waals surface area contributed by atoms with Crippen LogP contribution < -0.4 is 4.72 Å². The van der Waals surface area contributed by atoms with Crippen molar-refractivity contribution in [3.05, 3.63) is 42.4 Å². The maximum atomic E-state index is 12.6. The summed E-state index contributed by atoms with van der Waals surface area (Å²) >= 11 is 0. The zero-order chi connectivity index (χ0) is 20.8. The van der Waals surface area contributed by atoms with Gasteiger partial charge in [0, 0.05) is 0 Å². The normalized spacial score (nSPS) is 24.8. The number of nitrogens with one attached hydrogen (secondary N) is 1. The smallest absolute Gasteiger partial charge is 0.264 e. The minimum atomic E-state index is -3.90. The largest absolute Gasteiger partial charge is 0.394 e. The summed E-state index contributed by atoms with van der Waals surface area (Å²) in [4.78, 5) is 12.3. The van der Waals surface area contributed by atoms with Crippen molar-refractivity contribution in [1.82, 2.24) is 19.5 Å². The molecule has 1 saturated heterocycles. The summed E-state index contributed by atoms with van der Waals surface area (Å²) in [5.41, 5.74) is 1.45. The van der Waals surface area contributed by atoms with Crippen molar-refractivity contribution < 1.29 is 28.5 Å². The van der Waals surface area contributed by atoms with Gasteiger partial charge in [0.1, 0.15) is 23.8 Å². The molecule has 4 N–H and O–H groups in total. The van der Waals surface area contributed by atoms with E-state index in [-0.39, 0.29) is 16.5 Å². The van der Waals surface area contributed by atoms with Crippen molar-refractivity contribution in [3.63, 3.8) is 0 Å². The molecule has 1 fully saturated rings. The van der Waals surface area contributed by atoms with Crippen molar-refractivity contribution in [2.45, 2.75) is 36.4 Å². The van der Waals surface area contributed by atoms with E-state index in [1.807, 2.05) is 6.92 Å². The number of aliphatic hydroxyl groups excluding tert-OH is 3. The van der Waals surface area contributed by atoms with Crippen LogP contribution in [0.4, 0.5) is 5.95 Å². The summed E-state index contributed by atoms with van der Waals surface area (Å²) in [6.45, 7) is 1.37. The lowest BCUT2D eigenvalue weighted by Gasteiger charge is -2.16. The fourth-order valence-electron chi connectivity index (χ4n) is 3.07. The van der Waals surface area contributed by atoms with Gasteiger partial charge in [-0.05, 0) is 19.1 Å². The van der Waals surface area contributed by atoms with E-state index < -0.39 is 41.2 Å². The molecular formula is C17H19N5O6S. The first kappa shape index (κ1) is 19.7. The molecule has 1 aliphatic rings. The van der Waals surface area contributed by atoms with Crippen molar-refractivity contribution >= 4 is 27.1 Å². The highest BCUT2D eigenvalue weighted by Gasteiger charge is 2.44. The lowest BCUT2D eigenvalue weighted by atomic mass is 10.1. The molecule has 4 atom stereocenters. The second kappa shape index (κ2) is 7.31. The van der Waals surface area contributed by atoms with Gasteiger partial charge >= 0.3 is 0 Å². The first-order valence-electron chi connectivity index (χ1n) is 8.71. The van der Waals surface area contributed by atoms with Crippen LogP contribution in [0.2, 0.25) is 0 Å². The SMILES string of the molecule is Cc1ccc(S(=O)(=O)Nc2ncc3ncn([C@@H]4O[C@H](CO)[C@@H](O)[C@H]4O)c3n2)cc1. The van der Waals surface area contributed by atoms with Gasteiger partial charge in [0.25, 0.3) is 10.0 Å². The topological polar surface area (TPSA) is 160 Å². The van der Waals surface area contributed by atoms with E-state index in [0.717, 1.165) is 5.56 Å². The molecule has 4 rings (SSSR count). The lowest BCUT2D eigenvalue weighted by molar-refractivity contribution is -0.0511. The van der Waals surface area contributed by atoms with Crippen molar-refractivity contribution in [2.24, 2.45) is 0 Å². The molecule has 0 amide bonds. The first-order valence-corrected chi connectivity index (χ1v) is 10.2. The average Bonchev–Trinajstić information content (AvgIpc) is 3.22. The van der Waals surface area contributed by atoms with Crippen molar-refractivity contribution in [2.75, 3.05) is 11.3 Å². The average molecular weight is 421 g/mol. The lowest BCUT2D eigenvalue weighted by Crippen LogP contribution is -2.33. The van der Waals surface area contributed by atoms with Gasteiger partial charge in [0.2, 0.25) is 5.95 Å². The fourth-order valence-corrected chi connectivity index (χ4v) is 4.02. The van der Waals surface area contributed by atoms with E-state index in [9.17, 15) is 23.7 Å². The minimum Gasteiger partial charge on any atom is -0.394 e. The highest BCUT2D eigenvalue weighted by Crippen LogP contribution is 2.31. The van der Waals surface area contributed by atoms with Crippen LogP contribution in [0.1, 0.15) is 11.8 Å². The van der Waals surface area contributed by atoms with E-state index in [2.05, 4.69) is 19.7 Å². The Kier molecular flexibility index (Phi) is 4.96. The number of hydrogen-bond donors (Lipinski definition) is 4. The number of nitrogens with zero attached hydrogens (tertiary/aromatic N) is 4. The number of hydrogen-bond acceptors (Lipinski definition) is 9. The molecule has 12 heteroatoms. The maximum absolute atomic E-state index is 12.6. The quantitative estimate of drug-likeness (QED) is 0.428. The number of aromatic nitrogens is 4. The summed E-state index contributed by atoms with van der Waals surface area (Å²) in [5, 5.41) is 29.4. The Morgan fingerprint density at radius 1 is 1.17 bits per heavy atom. The van der Waals surface area contributed by atoms with Gasteiger partial charge in [-0.2, -0.15) is 4.98 Å². The predicted molar refractivity (Wildman–Crippen MR) is 100 cm³/mol. The molecule has 3 aromatic rings. The minimum absolute atomic E-state index is 0.0590. The van der Waals surface area contributed by atoms with E-state index in [0.29, 0.717) is 5.52 Å². The highest BCUT2D eigenvalue weighted by atomic mass is 32.2. The summed E-state index contributed by atoms with van der Waals surface area (Å²) in [5.74, 6) is -0.188. The predicted octanol–water partition coefficient (Wildman–Crippen LogP) is -0.453. The monoisotopic (exact) mass is 421 g/mol. The van der Waals surface area contributed by atoms with Crippen molar-refractivity contribution in [3.8, 4) is 0 Å². The van der Waals surface area contributed by atoms with Gasteiger partial charge in [-0.3, -0.25) is 4.57 Å². The number of sulfonamides is 1. The molecule has 0 aliphatic carbocycles. The van der Waals surface area contributed by atoms with Gasteiger partial charge in [-0.15, -0.1) is 0 Å². The van der Waals surface area contributed by atoms with Gasteiger partial charge < -0.3 is 20.1 Å². The molecule has 0 radical (unpaired) electrons. The third-order valence-corrected chi connectivity index (χ3v) is 6.01. The van der Waals surface area contributed by atoms with Gasteiger partial charge in [0.05, 0.1) is 24.0 Å². The number of aliphatic hydroxyl groups is 3. The number of anilines is 1. The second-order valence-corrected chi connectivity index (χ2v) is 8.38. The van der Waals surface area contributed by atoms with Gasteiger partial charge in [-0.1, -0.05) is 17.7 Å². The molecule has 2 aromatic heterocycles. The van der Waals surface area contributed by atoms with E-state index in [1.54, 1.807) is 12.1 Å². The Hall–Kier alpha value is -2.64. The van der Waals surface area contributed by atoms with Crippen LogP contribution in [0, 0.1) is 6.92 Å². The zero-order valence-electron chi connectivity index (χ0n) is 15.2. The molecule has 154 valence electrons. The summed E-state index contributed by atoms with van der Waals surface area (Å²) in [6, 6.07) is 6.30. The van der Waals surface area contributed by atoms with Crippen LogP contribution in [0.25, 0.3) is 11.2 Å². The molecule has 29 heavy (non-hydrogen) atoms. The Bertz CT molecular complexity index is 1130.